The molecule has 0 amide bonds. The van der Waals surface area contributed by atoms with E-state index in [9.17, 15) is 0 Å². The molecule has 3 rings (SSSR count). The largest absolute Gasteiger partial charge is 0.383 e. The first-order valence-electron chi connectivity index (χ1n) is 5.03. The maximum absolute atomic E-state index is 5.84. The van der Waals surface area contributed by atoms with E-state index in [1.165, 1.54) is 0 Å². The van der Waals surface area contributed by atoms with Gasteiger partial charge in [0.05, 0.1) is 11.3 Å². The average molecular weight is 259 g/mol. The number of nitrogen functional groups attached to an aromatic ring is 1. The van der Waals surface area contributed by atoms with Gasteiger partial charge in [-0.05, 0) is 23.6 Å². The fourth-order valence-corrected chi connectivity index (χ4v) is 3.05. The SMILES string of the molecule is Nc1ncccc1-c1nc(-c2ccsc2)cs1. The molecule has 3 aromatic heterocycles. The van der Waals surface area contributed by atoms with Crippen LogP contribution in [0.1, 0.15) is 0 Å². The van der Waals surface area contributed by atoms with Crippen LogP contribution >= 0.6 is 22.7 Å². The normalized spacial score (nSPS) is 10.6. The summed E-state index contributed by atoms with van der Waals surface area (Å²) in [4.78, 5) is 8.66. The first-order valence-corrected chi connectivity index (χ1v) is 6.86. The van der Waals surface area contributed by atoms with Gasteiger partial charge in [-0.1, -0.05) is 0 Å². The lowest BCUT2D eigenvalue weighted by molar-refractivity contribution is 1.32. The smallest absolute Gasteiger partial charge is 0.133 e. The van der Waals surface area contributed by atoms with Crippen molar-refractivity contribution in [3.63, 3.8) is 0 Å². The molecule has 0 saturated heterocycles. The summed E-state index contributed by atoms with van der Waals surface area (Å²) in [5.41, 5.74) is 8.89. The number of hydrogen-bond acceptors (Lipinski definition) is 5. The molecule has 0 atom stereocenters. The minimum Gasteiger partial charge on any atom is -0.383 e. The predicted octanol–water partition coefficient (Wildman–Crippen LogP) is 3.52. The van der Waals surface area contributed by atoms with E-state index in [4.69, 9.17) is 5.73 Å². The highest BCUT2D eigenvalue weighted by Gasteiger charge is 2.09. The van der Waals surface area contributed by atoms with Crippen LogP contribution in [0.4, 0.5) is 5.82 Å². The van der Waals surface area contributed by atoms with Crippen molar-refractivity contribution in [2.45, 2.75) is 0 Å². The van der Waals surface area contributed by atoms with Gasteiger partial charge in [-0.25, -0.2) is 9.97 Å². The van der Waals surface area contributed by atoms with E-state index in [0.29, 0.717) is 5.82 Å². The van der Waals surface area contributed by atoms with Gasteiger partial charge in [0.25, 0.3) is 0 Å². The molecule has 5 heteroatoms. The second-order valence-electron chi connectivity index (χ2n) is 3.49. The third-order valence-corrected chi connectivity index (χ3v) is 3.95. The van der Waals surface area contributed by atoms with Crippen molar-refractivity contribution in [2.75, 3.05) is 5.73 Å². The maximum Gasteiger partial charge on any atom is 0.133 e. The molecule has 84 valence electrons. The Kier molecular flexibility index (Phi) is 2.62. The minimum atomic E-state index is 0.527. The number of thiophene rings is 1. The summed E-state index contributed by atoms with van der Waals surface area (Å²) in [6, 6.07) is 5.88. The quantitative estimate of drug-likeness (QED) is 0.766. The first kappa shape index (κ1) is 10.4. The Morgan fingerprint density at radius 2 is 2.12 bits per heavy atom. The maximum atomic E-state index is 5.84. The lowest BCUT2D eigenvalue weighted by Crippen LogP contribution is -1.92. The van der Waals surface area contributed by atoms with Crippen LogP contribution in [0, 0.1) is 0 Å². The second-order valence-corrected chi connectivity index (χ2v) is 5.12. The second kappa shape index (κ2) is 4.27. The lowest BCUT2D eigenvalue weighted by Gasteiger charge is -1.98. The molecule has 0 aliphatic heterocycles. The molecule has 0 bridgehead atoms. The Hall–Kier alpha value is -1.72. The zero-order valence-corrected chi connectivity index (χ0v) is 10.5. The van der Waals surface area contributed by atoms with Crippen LogP contribution in [0.5, 0.6) is 0 Å². The van der Waals surface area contributed by atoms with E-state index < -0.39 is 0 Å². The van der Waals surface area contributed by atoms with Crippen molar-refractivity contribution >= 4 is 28.5 Å². The van der Waals surface area contributed by atoms with Crippen LogP contribution in [-0.4, -0.2) is 9.97 Å². The highest BCUT2D eigenvalue weighted by atomic mass is 32.1. The van der Waals surface area contributed by atoms with Gasteiger partial charge in [0, 0.05) is 22.5 Å². The summed E-state index contributed by atoms with van der Waals surface area (Å²) in [7, 11) is 0. The van der Waals surface area contributed by atoms with E-state index in [1.54, 1.807) is 28.9 Å². The molecule has 0 fully saturated rings. The molecule has 3 aromatic rings. The molecular formula is C12H9N3S2. The number of thiazole rings is 1. The van der Waals surface area contributed by atoms with Gasteiger partial charge in [0.15, 0.2) is 0 Å². The van der Waals surface area contributed by atoms with Crippen LogP contribution < -0.4 is 5.73 Å². The molecule has 0 aliphatic rings. The van der Waals surface area contributed by atoms with Gasteiger partial charge in [-0.15, -0.1) is 11.3 Å². The van der Waals surface area contributed by atoms with Gasteiger partial charge >= 0.3 is 0 Å². The summed E-state index contributed by atoms with van der Waals surface area (Å²) in [6.07, 6.45) is 1.69. The molecule has 0 saturated carbocycles. The topological polar surface area (TPSA) is 51.8 Å². The number of anilines is 1. The van der Waals surface area contributed by atoms with Gasteiger partial charge in [0.2, 0.25) is 0 Å². The fraction of sp³-hybridized carbons (Fsp3) is 0. The predicted molar refractivity (Wildman–Crippen MR) is 73.1 cm³/mol. The number of rotatable bonds is 2. The van der Waals surface area contributed by atoms with Crippen LogP contribution in [0.3, 0.4) is 0 Å². The fourth-order valence-electron chi connectivity index (χ4n) is 1.54. The molecule has 0 aliphatic carbocycles. The molecule has 3 nitrogen and oxygen atoms in total. The van der Waals surface area contributed by atoms with Gasteiger partial charge in [0.1, 0.15) is 10.8 Å². The Labute approximate surface area is 107 Å². The Morgan fingerprint density at radius 3 is 2.88 bits per heavy atom. The summed E-state index contributed by atoms with van der Waals surface area (Å²) >= 11 is 3.26. The zero-order chi connectivity index (χ0) is 11.7. The standard InChI is InChI=1S/C12H9N3S2/c13-11-9(2-1-4-14-11)12-15-10(7-17-12)8-3-5-16-6-8/h1-7H,(H2,13,14). The minimum absolute atomic E-state index is 0.527. The third kappa shape index (κ3) is 1.94. The van der Waals surface area contributed by atoms with Crippen LogP contribution in [0.2, 0.25) is 0 Å². The molecule has 17 heavy (non-hydrogen) atoms. The molecule has 0 spiro atoms. The Bertz CT molecular complexity index is 629. The number of nitrogens with two attached hydrogens (primary N) is 1. The third-order valence-electron chi connectivity index (χ3n) is 2.39. The number of pyridine rings is 1. The van der Waals surface area contributed by atoms with Gasteiger partial charge in [-0.2, -0.15) is 11.3 Å². The number of nitrogens with zero attached hydrogens (tertiary/aromatic N) is 2. The average Bonchev–Trinajstić information content (AvgIpc) is 3.00. The molecular weight excluding hydrogens is 250 g/mol. The van der Waals surface area contributed by atoms with E-state index in [1.807, 2.05) is 22.9 Å². The van der Waals surface area contributed by atoms with E-state index in [0.717, 1.165) is 21.8 Å². The van der Waals surface area contributed by atoms with E-state index >= 15 is 0 Å². The monoisotopic (exact) mass is 259 g/mol. The van der Waals surface area contributed by atoms with Gasteiger partial charge < -0.3 is 5.73 Å². The molecule has 2 N–H and O–H groups in total. The van der Waals surface area contributed by atoms with Crippen molar-refractivity contribution in [3.8, 4) is 21.8 Å². The first-order chi connectivity index (χ1) is 8.34. The van der Waals surface area contributed by atoms with Crippen molar-refractivity contribution in [1.29, 1.82) is 0 Å². The Morgan fingerprint density at radius 1 is 1.18 bits per heavy atom. The van der Waals surface area contributed by atoms with Gasteiger partial charge in [-0.3, -0.25) is 0 Å². The molecule has 0 unspecified atom stereocenters. The highest BCUT2D eigenvalue weighted by molar-refractivity contribution is 7.13. The number of aromatic nitrogens is 2. The van der Waals surface area contributed by atoms with Crippen molar-refractivity contribution < 1.29 is 0 Å². The lowest BCUT2D eigenvalue weighted by atomic mass is 10.2. The van der Waals surface area contributed by atoms with Crippen molar-refractivity contribution in [1.82, 2.24) is 9.97 Å². The highest BCUT2D eigenvalue weighted by Crippen LogP contribution is 2.31. The summed E-state index contributed by atoms with van der Waals surface area (Å²) in [6.45, 7) is 0. The summed E-state index contributed by atoms with van der Waals surface area (Å²) < 4.78 is 0. The molecule has 3 heterocycles. The summed E-state index contributed by atoms with van der Waals surface area (Å²) in [5, 5.41) is 7.10. The van der Waals surface area contributed by atoms with Crippen LogP contribution in [0.15, 0.2) is 40.5 Å². The van der Waals surface area contributed by atoms with E-state index in [-0.39, 0.29) is 0 Å². The number of hydrogen-bond donors (Lipinski definition) is 1. The van der Waals surface area contributed by atoms with Crippen molar-refractivity contribution in [3.05, 3.63) is 40.5 Å². The Balaban J connectivity index is 2.04. The van der Waals surface area contributed by atoms with Crippen LogP contribution in [-0.2, 0) is 0 Å². The molecule has 0 aromatic carbocycles. The van der Waals surface area contributed by atoms with Crippen LogP contribution in [0.25, 0.3) is 21.8 Å². The summed E-state index contributed by atoms with van der Waals surface area (Å²) in [5.74, 6) is 0.527. The van der Waals surface area contributed by atoms with Crippen molar-refractivity contribution in [2.24, 2.45) is 0 Å². The van der Waals surface area contributed by atoms with E-state index in [2.05, 4.69) is 21.4 Å². The zero-order valence-electron chi connectivity index (χ0n) is 8.83. The molecule has 0 radical (unpaired) electrons.